The fraction of sp³-hybridized carbons (Fsp3) is 0.167. The Bertz CT molecular complexity index is 1420. The van der Waals surface area contributed by atoms with Crippen LogP contribution in [0.3, 0.4) is 0 Å². The number of hydrogen-bond donors (Lipinski definition) is 2. The SMILES string of the molecule is C[C@H](NP(=O)(Oc1ccccc1)[C@@H](F)c1ccc2sc(C(=O)O)cc2c1)C(=O)OCc1cccnn1. The van der Waals surface area contributed by atoms with Crippen molar-refractivity contribution in [2.45, 2.75) is 25.5 Å². The molecule has 0 aliphatic carbocycles. The second-order valence-electron chi connectivity index (χ2n) is 7.72. The van der Waals surface area contributed by atoms with Crippen LogP contribution in [0.4, 0.5) is 4.39 Å². The van der Waals surface area contributed by atoms with Crippen LogP contribution in [0.1, 0.15) is 33.8 Å². The van der Waals surface area contributed by atoms with E-state index in [-0.39, 0.29) is 22.8 Å². The largest absolute Gasteiger partial charge is 0.477 e. The smallest absolute Gasteiger partial charge is 0.355 e. The number of nitrogens with one attached hydrogen (secondary N) is 1. The standard InChI is InChI=1S/C24H21FN3O6PS/c1-15(24(31)33-14-18-6-5-11-26-27-18)28-35(32,34-19-7-3-2-4-8-19)22(25)16-9-10-20-17(12-16)13-21(36-20)23(29)30/h2-13,15,22H,14H2,1H3,(H,28,32)(H,29,30)/t15-,22+,35?/m0/s1. The summed E-state index contributed by atoms with van der Waals surface area (Å²) in [5, 5.41) is 19.7. The molecule has 0 aliphatic heterocycles. The van der Waals surface area contributed by atoms with Crippen molar-refractivity contribution in [3.8, 4) is 5.75 Å². The number of ether oxygens (including phenoxy) is 1. The van der Waals surface area contributed by atoms with E-state index in [1.807, 2.05) is 0 Å². The lowest BCUT2D eigenvalue weighted by molar-refractivity contribution is -0.146. The molecule has 4 rings (SSSR count). The minimum absolute atomic E-state index is 0.00382. The highest BCUT2D eigenvalue weighted by molar-refractivity contribution is 7.57. The predicted octanol–water partition coefficient (Wildman–Crippen LogP) is 5.35. The average Bonchev–Trinajstić information content (AvgIpc) is 3.32. The van der Waals surface area contributed by atoms with Gasteiger partial charge in [0.1, 0.15) is 29.0 Å². The molecule has 2 aromatic heterocycles. The number of fused-ring (bicyclic) bond motifs is 1. The molecule has 2 N–H and O–H groups in total. The molecule has 12 heteroatoms. The number of hydrogen-bond acceptors (Lipinski definition) is 8. The first-order valence-electron chi connectivity index (χ1n) is 10.7. The van der Waals surface area contributed by atoms with Crippen molar-refractivity contribution in [3.63, 3.8) is 0 Å². The molecule has 0 bridgehead atoms. The number of benzene rings is 2. The lowest BCUT2D eigenvalue weighted by Crippen LogP contribution is -2.35. The predicted molar refractivity (Wildman–Crippen MR) is 132 cm³/mol. The molecule has 186 valence electrons. The van der Waals surface area contributed by atoms with Gasteiger partial charge in [0, 0.05) is 10.9 Å². The maximum atomic E-state index is 15.9. The van der Waals surface area contributed by atoms with Gasteiger partial charge in [-0.1, -0.05) is 24.3 Å². The van der Waals surface area contributed by atoms with Gasteiger partial charge in [-0.2, -0.15) is 10.2 Å². The molecule has 3 atom stereocenters. The maximum Gasteiger partial charge on any atom is 0.355 e. The van der Waals surface area contributed by atoms with Gasteiger partial charge in [0.2, 0.25) is 5.91 Å². The van der Waals surface area contributed by atoms with E-state index in [1.54, 1.807) is 36.4 Å². The first-order chi connectivity index (χ1) is 17.2. The lowest BCUT2D eigenvalue weighted by atomic mass is 10.2. The fourth-order valence-electron chi connectivity index (χ4n) is 3.29. The number of thiophene rings is 1. The van der Waals surface area contributed by atoms with Gasteiger partial charge in [-0.25, -0.2) is 14.3 Å². The number of esters is 1. The van der Waals surface area contributed by atoms with Crippen LogP contribution in [0.15, 0.2) is 72.9 Å². The van der Waals surface area contributed by atoms with Crippen molar-refractivity contribution in [2.75, 3.05) is 0 Å². The number of aromatic nitrogens is 2. The molecule has 1 unspecified atom stereocenters. The van der Waals surface area contributed by atoms with E-state index < -0.39 is 31.4 Å². The van der Waals surface area contributed by atoms with E-state index in [4.69, 9.17) is 9.26 Å². The van der Waals surface area contributed by atoms with Crippen LogP contribution in [0.5, 0.6) is 5.75 Å². The van der Waals surface area contributed by atoms with Gasteiger partial charge in [-0.15, -0.1) is 11.3 Å². The molecule has 0 saturated carbocycles. The zero-order chi connectivity index (χ0) is 25.7. The summed E-state index contributed by atoms with van der Waals surface area (Å²) < 4.78 is 41.2. The van der Waals surface area contributed by atoms with Crippen LogP contribution in [0, 0.1) is 0 Å². The van der Waals surface area contributed by atoms with E-state index in [0.29, 0.717) is 15.8 Å². The van der Waals surface area contributed by atoms with Gasteiger partial charge in [0.15, 0.2) is 0 Å². The summed E-state index contributed by atoms with van der Waals surface area (Å²) in [6, 6.07) is 15.9. The average molecular weight is 529 g/mol. The molecule has 0 amide bonds. The van der Waals surface area contributed by atoms with Crippen molar-refractivity contribution in [2.24, 2.45) is 0 Å². The molecular weight excluding hydrogens is 508 g/mol. The highest BCUT2D eigenvalue weighted by Gasteiger charge is 2.40. The molecule has 0 fully saturated rings. The number of carbonyl (C=O) groups excluding carboxylic acids is 1. The van der Waals surface area contributed by atoms with Gasteiger partial charge in [0.25, 0.3) is 0 Å². The summed E-state index contributed by atoms with van der Waals surface area (Å²) in [6.45, 7) is 1.22. The zero-order valence-electron chi connectivity index (χ0n) is 18.9. The molecular formula is C24H21FN3O6PS. The Morgan fingerprint density at radius 1 is 1.14 bits per heavy atom. The highest BCUT2D eigenvalue weighted by Crippen LogP contribution is 2.58. The Morgan fingerprint density at radius 3 is 2.61 bits per heavy atom. The van der Waals surface area contributed by atoms with Crippen LogP contribution < -0.4 is 9.61 Å². The molecule has 0 radical (unpaired) electrons. The Hall–Kier alpha value is -3.66. The molecule has 36 heavy (non-hydrogen) atoms. The Morgan fingerprint density at radius 2 is 1.92 bits per heavy atom. The van der Waals surface area contributed by atoms with E-state index >= 15 is 4.39 Å². The van der Waals surface area contributed by atoms with E-state index in [2.05, 4.69) is 15.3 Å². The summed E-state index contributed by atoms with van der Waals surface area (Å²) in [5.74, 6) is -3.92. The molecule has 2 heterocycles. The third kappa shape index (κ3) is 5.93. The highest BCUT2D eigenvalue weighted by atomic mass is 32.1. The number of alkyl halides is 1. The normalized spacial score (nSPS) is 14.5. The first-order valence-corrected chi connectivity index (χ1v) is 13.2. The monoisotopic (exact) mass is 529 g/mol. The molecule has 4 aromatic rings. The van der Waals surface area contributed by atoms with Gasteiger partial charge in [-0.05, 0) is 60.3 Å². The molecule has 2 aromatic carbocycles. The third-order valence-corrected chi connectivity index (χ3v) is 8.25. The number of nitrogens with zero attached hydrogens (tertiary/aromatic N) is 2. The quantitative estimate of drug-likeness (QED) is 0.206. The number of para-hydroxylation sites is 1. The fourth-order valence-corrected chi connectivity index (χ4v) is 6.08. The number of carbonyl (C=O) groups is 2. The summed E-state index contributed by atoms with van der Waals surface area (Å²) in [4.78, 5) is 23.9. The van der Waals surface area contributed by atoms with Gasteiger partial charge >= 0.3 is 19.5 Å². The van der Waals surface area contributed by atoms with Crippen molar-refractivity contribution in [1.29, 1.82) is 0 Å². The molecule has 9 nitrogen and oxygen atoms in total. The van der Waals surface area contributed by atoms with Crippen molar-refractivity contribution in [1.82, 2.24) is 15.3 Å². The van der Waals surface area contributed by atoms with E-state index in [1.165, 1.54) is 43.5 Å². The van der Waals surface area contributed by atoms with Crippen LogP contribution in [-0.4, -0.2) is 33.3 Å². The van der Waals surface area contributed by atoms with E-state index in [9.17, 15) is 19.3 Å². The second-order valence-corrected chi connectivity index (χ2v) is 10.9. The number of carboxylic acid groups (broad SMARTS) is 1. The summed E-state index contributed by atoms with van der Waals surface area (Å²) in [5.41, 5.74) is 0.416. The van der Waals surface area contributed by atoms with Crippen LogP contribution >= 0.6 is 18.9 Å². The first kappa shape index (κ1) is 25.4. The molecule has 0 spiro atoms. The number of carboxylic acids is 1. The Balaban J connectivity index is 1.58. The van der Waals surface area contributed by atoms with Crippen molar-refractivity contribution >= 4 is 40.9 Å². The van der Waals surface area contributed by atoms with Crippen LogP contribution in [-0.2, 0) is 20.7 Å². The number of halogens is 1. The maximum absolute atomic E-state index is 15.9. The summed E-state index contributed by atoms with van der Waals surface area (Å²) >= 11 is 1.05. The van der Waals surface area contributed by atoms with Crippen molar-refractivity contribution < 1.29 is 32.9 Å². The number of rotatable bonds is 10. The van der Waals surface area contributed by atoms with Gasteiger partial charge in [0.05, 0.1) is 0 Å². The Kier molecular flexibility index (Phi) is 7.73. The number of aromatic carboxylic acids is 1. The molecule has 0 saturated heterocycles. The van der Waals surface area contributed by atoms with Gasteiger partial charge in [-0.3, -0.25) is 9.36 Å². The van der Waals surface area contributed by atoms with Gasteiger partial charge < -0.3 is 14.4 Å². The lowest BCUT2D eigenvalue weighted by Gasteiger charge is -2.26. The minimum atomic E-state index is -4.41. The third-order valence-electron chi connectivity index (χ3n) is 5.03. The van der Waals surface area contributed by atoms with E-state index in [0.717, 1.165) is 11.3 Å². The summed E-state index contributed by atoms with van der Waals surface area (Å²) in [7, 11) is -4.41. The topological polar surface area (TPSA) is 128 Å². The molecule has 0 aliphatic rings. The van der Waals surface area contributed by atoms with Crippen LogP contribution in [0.2, 0.25) is 0 Å². The summed E-state index contributed by atoms with van der Waals surface area (Å²) in [6.07, 6.45) is 1.48. The zero-order valence-corrected chi connectivity index (χ0v) is 20.6. The Labute approximate surface area is 209 Å². The van der Waals surface area contributed by atoms with Crippen molar-refractivity contribution in [3.05, 3.63) is 89.1 Å². The minimum Gasteiger partial charge on any atom is -0.477 e. The van der Waals surface area contributed by atoms with Crippen LogP contribution in [0.25, 0.3) is 10.1 Å². The second kappa shape index (κ2) is 10.9.